The highest BCUT2D eigenvalue weighted by Gasteiger charge is 2.09. The summed E-state index contributed by atoms with van der Waals surface area (Å²) >= 11 is 4.94. The molecule has 0 radical (unpaired) electrons. The second kappa shape index (κ2) is 3.58. The minimum atomic E-state index is 0.622. The number of aromatic nitrogens is 4. The molecule has 2 rings (SSSR count). The van der Waals surface area contributed by atoms with Crippen LogP contribution in [0, 0.1) is 25.4 Å². The molecule has 1 N–H and O–H groups in total. The first kappa shape index (κ1) is 10.0. The van der Waals surface area contributed by atoms with Crippen LogP contribution in [0.5, 0.6) is 0 Å². The molecule has 5 heteroatoms. The van der Waals surface area contributed by atoms with Gasteiger partial charge in [0, 0.05) is 5.69 Å². The van der Waals surface area contributed by atoms with Gasteiger partial charge in [-0.1, -0.05) is 12.2 Å². The molecule has 0 bridgehead atoms. The molecule has 78 valence electrons. The van der Waals surface area contributed by atoms with Gasteiger partial charge in [-0.2, -0.15) is 10.2 Å². The number of aryl methyl sites for hydroxylation is 1. The fraction of sp³-hybridized carbons (Fsp3) is 0.300. The molecule has 2 aromatic rings. The van der Waals surface area contributed by atoms with E-state index in [1.54, 1.807) is 0 Å². The van der Waals surface area contributed by atoms with E-state index in [9.17, 15) is 0 Å². The third-order valence-electron chi connectivity index (χ3n) is 2.53. The van der Waals surface area contributed by atoms with E-state index in [-0.39, 0.29) is 0 Å². The van der Waals surface area contributed by atoms with Gasteiger partial charge in [-0.05, 0) is 38.5 Å². The number of hydrogen-bond donors (Lipinski definition) is 1. The number of aromatic amines is 1. The van der Waals surface area contributed by atoms with Crippen molar-refractivity contribution in [3.8, 4) is 5.82 Å². The van der Waals surface area contributed by atoms with Crippen molar-refractivity contribution in [2.24, 2.45) is 0 Å². The van der Waals surface area contributed by atoms with Gasteiger partial charge in [0.1, 0.15) is 4.64 Å². The van der Waals surface area contributed by atoms with Crippen LogP contribution < -0.4 is 0 Å². The predicted molar refractivity (Wildman–Crippen MR) is 60.8 cm³/mol. The normalized spacial score (nSPS) is 10.6. The molecule has 0 aliphatic carbocycles. The zero-order chi connectivity index (χ0) is 11.0. The van der Waals surface area contributed by atoms with Gasteiger partial charge in [-0.3, -0.25) is 5.10 Å². The quantitative estimate of drug-likeness (QED) is 0.750. The standard InChI is InChI=1S/C10H12N4S/c1-6-7(2)13-14(8(6)3)9-4-5-10(15)12-11-9/h4-5H,1-3H3,(H,12,15). The van der Waals surface area contributed by atoms with Crippen molar-refractivity contribution in [2.75, 3.05) is 0 Å². The highest BCUT2D eigenvalue weighted by Crippen LogP contribution is 2.14. The van der Waals surface area contributed by atoms with E-state index in [1.165, 1.54) is 5.56 Å². The Balaban J connectivity index is 2.59. The Morgan fingerprint density at radius 2 is 2.00 bits per heavy atom. The van der Waals surface area contributed by atoms with Gasteiger partial charge in [0.2, 0.25) is 0 Å². The van der Waals surface area contributed by atoms with E-state index in [0.29, 0.717) is 4.64 Å². The number of hydrogen-bond acceptors (Lipinski definition) is 3. The summed E-state index contributed by atoms with van der Waals surface area (Å²) in [4.78, 5) is 0. The minimum Gasteiger partial charge on any atom is -0.266 e. The molecule has 0 amide bonds. The molecule has 0 saturated carbocycles. The van der Waals surface area contributed by atoms with Gasteiger partial charge in [-0.25, -0.2) is 4.68 Å². The third-order valence-corrected chi connectivity index (χ3v) is 2.76. The van der Waals surface area contributed by atoms with Crippen molar-refractivity contribution in [3.63, 3.8) is 0 Å². The molecule has 0 spiro atoms. The van der Waals surface area contributed by atoms with Gasteiger partial charge < -0.3 is 0 Å². The summed E-state index contributed by atoms with van der Waals surface area (Å²) < 4.78 is 2.44. The maximum absolute atomic E-state index is 4.94. The van der Waals surface area contributed by atoms with Gasteiger partial charge in [-0.15, -0.1) is 0 Å². The molecule has 15 heavy (non-hydrogen) atoms. The van der Waals surface area contributed by atoms with Crippen LogP contribution in [0.3, 0.4) is 0 Å². The van der Waals surface area contributed by atoms with E-state index in [4.69, 9.17) is 12.2 Å². The Hall–Kier alpha value is -1.49. The van der Waals surface area contributed by atoms with Crippen molar-refractivity contribution in [1.29, 1.82) is 0 Å². The molecule has 0 fully saturated rings. The van der Waals surface area contributed by atoms with Crippen LogP contribution in [0.4, 0.5) is 0 Å². The predicted octanol–water partition coefficient (Wildman–Crippen LogP) is 2.25. The van der Waals surface area contributed by atoms with Crippen LogP contribution in [-0.4, -0.2) is 20.0 Å². The largest absolute Gasteiger partial charge is 0.266 e. The molecular formula is C10H12N4S. The highest BCUT2D eigenvalue weighted by molar-refractivity contribution is 7.71. The van der Waals surface area contributed by atoms with Crippen molar-refractivity contribution >= 4 is 12.2 Å². The molecule has 2 aromatic heterocycles. The lowest BCUT2D eigenvalue weighted by Crippen LogP contribution is -2.02. The van der Waals surface area contributed by atoms with Crippen LogP contribution in [0.1, 0.15) is 17.0 Å². The number of nitrogens with zero attached hydrogens (tertiary/aromatic N) is 3. The maximum atomic E-state index is 4.94. The lowest BCUT2D eigenvalue weighted by Gasteiger charge is -2.01. The summed E-state index contributed by atoms with van der Waals surface area (Å²) in [5, 5.41) is 11.3. The van der Waals surface area contributed by atoms with Crippen LogP contribution in [-0.2, 0) is 0 Å². The van der Waals surface area contributed by atoms with E-state index >= 15 is 0 Å². The summed E-state index contributed by atoms with van der Waals surface area (Å²) in [6.07, 6.45) is 0. The summed E-state index contributed by atoms with van der Waals surface area (Å²) in [6, 6.07) is 3.67. The second-order valence-electron chi connectivity index (χ2n) is 3.49. The Morgan fingerprint density at radius 3 is 2.47 bits per heavy atom. The van der Waals surface area contributed by atoms with E-state index in [1.807, 2.05) is 30.7 Å². The fourth-order valence-corrected chi connectivity index (χ4v) is 1.51. The van der Waals surface area contributed by atoms with E-state index in [0.717, 1.165) is 17.2 Å². The molecular weight excluding hydrogens is 208 g/mol. The zero-order valence-corrected chi connectivity index (χ0v) is 9.72. The van der Waals surface area contributed by atoms with Gasteiger partial charge in [0.05, 0.1) is 5.69 Å². The Morgan fingerprint density at radius 1 is 1.27 bits per heavy atom. The Labute approximate surface area is 93.0 Å². The average molecular weight is 220 g/mol. The number of nitrogens with one attached hydrogen (secondary N) is 1. The van der Waals surface area contributed by atoms with E-state index < -0.39 is 0 Å². The first-order valence-electron chi connectivity index (χ1n) is 4.68. The summed E-state index contributed by atoms with van der Waals surface area (Å²) in [5.41, 5.74) is 3.32. The monoisotopic (exact) mass is 220 g/mol. The number of H-pyrrole nitrogens is 1. The van der Waals surface area contributed by atoms with Crippen molar-refractivity contribution in [2.45, 2.75) is 20.8 Å². The first-order chi connectivity index (χ1) is 7.09. The van der Waals surface area contributed by atoms with Crippen LogP contribution >= 0.6 is 12.2 Å². The molecule has 0 unspecified atom stereocenters. The molecule has 0 atom stereocenters. The smallest absolute Gasteiger partial charge is 0.173 e. The lowest BCUT2D eigenvalue weighted by molar-refractivity contribution is 0.779. The topological polar surface area (TPSA) is 46.5 Å². The second-order valence-corrected chi connectivity index (χ2v) is 3.93. The van der Waals surface area contributed by atoms with Gasteiger partial charge in [0.25, 0.3) is 0 Å². The van der Waals surface area contributed by atoms with Crippen molar-refractivity contribution in [1.82, 2.24) is 20.0 Å². The van der Waals surface area contributed by atoms with Gasteiger partial charge in [0.15, 0.2) is 5.82 Å². The van der Waals surface area contributed by atoms with E-state index in [2.05, 4.69) is 22.2 Å². The molecule has 0 aromatic carbocycles. The molecule has 0 saturated heterocycles. The molecule has 4 nitrogen and oxygen atoms in total. The molecule has 0 aliphatic heterocycles. The third kappa shape index (κ3) is 1.70. The SMILES string of the molecule is Cc1nn(-c2ccc(=S)[nH]n2)c(C)c1C. The van der Waals surface area contributed by atoms with Gasteiger partial charge >= 0.3 is 0 Å². The molecule has 0 aliphatic rings. The van der Waals surface area contributed by atoms with Crippen LogP contribution in [0.2, 0.25) is 0 Å². The molecule has 2 heterocycles. The van der Waals surface area contributed by atoms with Crippen molar-refractivity contribution < 1.29 is 0 Å². The van der Waals surface area contributed by atoms with Crippen LogP contribution in [0.25, 0.3) is 5.82 Å². The van der Waals surface area contributed by atoms with Crippen molar-refractivity contribution in [3.05, 3.63) is 33.7 Å². The highest BCUT2D eigenvalue weighted by atomic mass is 32.1. The van der Waals surface area contributed by atoms with Crippen LogP contribution in [0.15, 0.2) is 12.1 Å². The summed E-state index contributed by atoms with van der Waals surface area (Å²) in [5.74, 6) is 0.761. The summed E-state index contributed by atoms with van der Waals surface area (Å²) in [7, 11) is 0. The summed E-state index contributed by atoms with van der Waals surface area (Å²) in [6.45, 7) is 6.07. The first-order valence-corrected chi connectivity index (χ1v) is 5.09. The maximum Gasteiger partial charge on any atom is 0.173 e. The number of rotatable bonds is 1. The Kier molecular flexibility index (Phi) is 2.40. The minimum absolute atomic E-state index is 0.622. The fourth-order valence-electron chi connectivity index (χ4n) is 1.40. The lowest BCUT2D eigenvalue weighted by atomic mass is 10.2. The Bertz CT molecular complexity index is 533. The zero-order valence-electron chi connectivity index (χ0n) is 8.90. The average Bonchev–Trinajstić information content (AvgIpc) is 2.47.